The standard InChI is InChI=1S/C16H28N2O3S2Si/c1-24(2,3)13-12-23(20,21)18(15-6-4-5-7-15)22(19)16-10-8-14(17)9-11-16/h8-11,15H,4-7,12-13,17H2,1-3H3. The van der Waals surface area contributed by atoms with Gasteiger partial charge in [-0.15, -0.1) is 0 Å². The molecule has 1 aromatic carbocycles. The van der Waals surface area contributed by atoms with Crippen molar-refractivity contribution in [2.45, 2.75) is 62.3 Å². The van der Waals surface area contributed by atoms with Gasteiger partial charge in [-0.2, -0.15) is 0 Å². The fourth-order valence-electron chi connectivity index (χ4n) is 2.79. The van der Waals surface area contributed by atoms with Crippen molar-refractivity contribution >= 4 is 35.1 Å². The van der Waals surface area contributed by atoms with E-state index in [-0.39, 0.29) is 11.8 Å². The van der Waals surface area contributed by atoms with E-state index >= 15 is 0 Å². The third-order valence-electron chi connectivity index (χ3n) is 4.25. The first-order chi connectivity index (χ1) is 11.1. The van der Waals surface area contributed by atoms with Crippen molar-refractivity contribution in [1.29, 1.82) is 0 Å². The molecule has 1 aliphatic rings. The minimum Gasteiger partial charge on any atom is -0.592 e. The predicted octanol–water partition coefficient (Wildman–Crippen LogP) is 3.20. The summed E-state index contributed by atoms with van der Waals surface area (Å²) in [6.07, 6.45) is 3.55. The third kappa shape index (κ3) is 5.22. The Labute approximate surface area is 150 Å². The number of nitrogens with two attached hydrogens (primary N) is 1. The molecule has 8 heteroatoms. The molecular weight excluding hydrogens is 360 g/mol. The summed E-state index contributed by atoms with van der Waals surface area (Å²) >= 11 is -1.71. The van der Waals surface area contributed by atoms with Crippen LogP contribution in [0.25, 0.3) is 0 Å². The first-order valence-electron chi connectivity index (χ1n) is 8.40. The summed E-state index contributed by atoms with van der Waals surface area (Å²) in [7, 11) is -5.06. The fraction of sp³-hybridized carbons (Fsp3) is 0.625. The molecule has 24 heavy (non-hydrogen) atoms. The van der Waals surface area contributed by atoms with E-state index in [4.69, 9.17) is 5.73 Å². The van der Waals surface area contributed by atoms with Crippen LogP contribution < -0.4 is 5.73 Å². The Morgan fingerprint density at radius 3 is 2.25 bits per heavy atom. The molecule has 5 nitrogen and oxygen atoms in total. The Bertz CT molecular complexity index is 638. The van der Waals surface area contributed by atoms with Gasteiger partial charge in [0.15, 0.2) is 4.90 Å². The van der Waals surface area contributed by atoms with E-state index < -0.39 is 29.5 Å². The second kappa shape index (κ2) is 7.78. The van der Waals surface area contributed by atoms with Gasteiger partial charge in [0.05, 0.1) is 23.2 Å². The van der Waals surface area contributed by atoms with Crippen LogP contribution in [0.1, 0.15) is 25.7 Å². The predicted molar refractivity (Wildman–Crippen MR) is 103 cm³/mol. The quantitative estimate of drug-likeness (QED) is 0.441. The van der Waals surface area contributed by atoms with E-state index in [1.54, 1.807) is 24.3 Å². The van der Waals surface area contributed by atoms with E-state index in [1.165, 1.54) is 3.71 Å². The maximum atomic E-state index is 13.0. The van der Waals surface area contributed by atoms with Crippen LogP contribution in [0.5, 0.6) is 0 Å². The summed E-state index contributed by atoms with van der Waals surface area (Å²) in [6.45, 7) is 6.46. The molecule has 2 N–H and O–H groups in total. The molecular formula is C16H28N2O3S2Si. The lowest BCUT2D eigenvalue weighted by Gasteiger charge is -2.29. The van der Waals surface area contributed by atoms with Crippen molar-refractivity contribution in [3.05, 3.63) is 24.3 Å². The summed E-state index contributed by atoms with van der Waals surface area (Å²) in [5.74, 6) is 0.0833. The van der Waals surface area contributed by atoms with Gasteiger partial charge < -0.3 is 10.3 Å². The van der Waals surface area contributed by atoms with Crippen LogP contribution in [0, 0.1) is 0 Å². The molecule has 1 aromatic rings. The van der Waals surface area contributed by atoms with E-state index in [1.807, 2.05) is 0 Å². The number of nitrogens with zero attached hydrogens (tertiary/aromatic N) is 1. The van der Waals surface area contributed by atoms with Crippen molar-refractivity contribution in [2.75, 3.05) is 11.5 Å². The van der Waals surface area contributed by atoms with E-state index in [9.17, 15) is 13.0 Å². The molecule has 136 valence electrons. The number of sulfonamides is 1. The van der Waals surface area contributed by atoms with Gasteiger partial charge in [0.1, 0.15) is 0 Å². The van der Waals surface area contributed by atoms with Gasteiger partial charge in [0.2, 0.25) is 0 Å². The van der Waals surface area contributed by atoms with E-state index in [0.717, 1.165) is 25.7 Å². The molecule has 0 radical (unpaired) electrons. The Morgan fingerprint density at radius 1 is 1.21 bits per heavy atom. The van der Waals surface area contributed by atoms with Crippen LogP contribution in [-0.4, -0.2) is 36.5 Å². The molecule has 2 rings (SSSR count). The lowest BCUT2D eigenvalue weighted by atomic mass is 10.3. The lowest BCUT2D eigenvalue weighted by molar-refractivity contribution is 0.425. The van der Waals surface area contributed by atoms with Crippen molar-refractivity contribution in [1.82, 2.24) is 3.71 Å². The topological polar surface area (TPSA) is 86.5 Å². The zero-order valence-corrected chi connectivity index (χ0v) is 17.3. The molecule has 1 fully saturated rings. The molecule has 1 unspecified atom stereocenters. The van der Waals surface area contributed by atoms with Crippen LogP contribution in [0.15, 0.2) is 29.2 Å². The Hall–Kier alpha value is -0.543. The first-order valence-corrected chi connectivity index (χ1v) is 14.8. The zero-order valence-electron chi connectivity index (χ0n) is 14.7. The smallest absolute Gasteiger partial charge is 0.253 e. The van der Waals surface area contributed by atoms with Crippen LogP contribution in [-0.2, 0) is 21.4 Å². The fourth-order valence-corrected chi connectivity index (χ4v) is 9.49. The number of hydrogen-bond donors (Lipinski definition) is 1. The lowest BCUT2D eigenvalue weighted by Crippen LogP contribution is -2.45. The molecule has 0 spiro atoms. The van der Waals surface area contributed by atoms with Crippen molar-refractivity contribution in [2.24, 2.45) is 0 Å². The number of rotatable bonds is 7. The van der Waals surface area contributed by atoms with Crippen molar-refractivity contribution < 1.29 is 13.0 Å². The summed E-state index contributed by atoms with van der Waals surface area (Å²) in [4.78, 5) is 0.493. The Kier molecular flexibility index (Phi) is 6.41. The highest BCUT2D eigenvalue weighted by Gasteiger charge is 2.42. The molecule has 0 aliphatic heterocycles. The summed E-state index contributed by atoms with van der Waals surface area (Å²) < 4.78 is 40.3. The summed E-state index contributed by atoms with van der Waals surface area (Å²) in [5, 5.41) is 0. The Morgan fingerprint density at radius 2 is 1.75 bits per heavy atom. The molecule has 1 saturated carbocycles. The van der Waals surface area contributed by atoms with E-state index in [0.29, 0.717) is 16.6 Å². The van der Waals surface area contributed by atoms with Crippen LogP contribution >= 0.6 is 0 Å². The highest BCUT2D eigenvalue weighted by Crippen LogP contribution is 2.32. The first kappa shape index (κ1) is 19.8. The SMILES string of the molecule is C[Si](C)(C)CCS(=O)(=O)N(C1CCCC1)[S+]([O-])c1ccc(N)cc1. The number of nitrogen functional groups attached to an aromatic ring is 1. The molecule has 0 bridgehead atoms. The number of benzene rings is 1. The van der Waals surface area contributed by atoms with E-state index in [2.05, 4.69) is 19.6 Å². The minimum absolute atomic E-state index is 0.0833. The minimum atomic E-state index is -3.56. The highest BCUT2D eigenvalue weighted by molar-refractivity contribution is 8.04. The molecule has 0 aromatic heterocycles. The average Bonchev–Trinajstić information content (AvgIpc) is 2.99. The normalized spacial score (nSPS) is 18.2. The highest BCUT2D eigenvalue weighted by atomic mass is 32.3. The van der Waals surface area contributed by atoms with Gasteiger partial charge >= 0.3 is 0 Å². The third-order valence-corrected chi connectivity index (χ3v) is 10.3. The molecule has 0 saturated heterocycles. The van der Waals surface area contributed by atoms with Crippen molar-refractivity contribution in [3.8, 4) is 0 Å². The Balaban J connectivity index is 2.28. The molecule has 1 aliphatic carbocycles. The number of hydrogen-bond acceptors (Lipinski definition) is 4. The second-order valence-electron chi connectivity index (χ2n) is 7.64. The zero-order chi connectivity index (χ0) is 18.0. The van der Waals surface area contributed by atoms with Crippen molar-refractivity contribution in [3.63, 3.8) is 0 Å². The molecule has 0 amide bonds. The average molecular weight is 389 g/mol. The van der Waals surface area contributed by atoms with Gasteiger partial charge in [0.25, 0.3) is 10.0 Å². The largest absolute Gasteiger partial charge is 0.592 e. The second-order valence-corrected chi connectivity index (χ2v) is 16.8. The monoisotopic (exact) mass is 388 g/mol. The van der Waals surface area contributed by atoms with Gasteiger partial charge in [-0.05, 0) is 46.9 Å². The summed E-state index contributed by atoms with van der Waals surface area (Å²) in [5.41, 5.74) is 6.25. The van der Waals surface area contributed by atoms with Crippen LogP contribution in [0.2, 0.25) is 25.7 Å². The van der Waals surface area contributed by atoms with Crippen LogP contribution in [0.4, 0.5) is 5.69 Å². The number of anilines is 1. The maximum absolute atomic E-state index is 13.0. The van der Waals surface area contributed by atoms with Gasteiger partial charge in [-0.3, -0.25) is 0 Å². The van der Waals surface area contributed by atoms with Gasteiger partial charge in [-0.1, -0.05) is 32.5 Å². The molecule has 0 heterocycles. The molecule has 1 atom stereocenters. The van der Waals surface area contributed by atoms with Gasteiger partial charge in [0, 0.05) is 13.8 Å². The van der Waals surface area contributed by atoms with Gasteiger partial charge in [-0.25, -0.2) is 8.42 Å². The van der Waals surface area contributed by atoms with Crippen LogP contribution in [0.3, 0.4) is 0 Å². The maximum Gasteiger partial charge on any atom is 0.253 e. The summed E-state index contributed by atoms with van der Waals surface area (Å²) in [6, 6.07) is 7.15.